The molecule has 0 aromatic heterocycles. The van der Waals surface area contributed by atoms with Gasteiger partial charge in [0.25, 0.3) is 0 Å². The van der Waals surface area contributed by atoms with Crippen LogP contribution in [-0.2, 0) is 19.1 Å². The van der Waals surface area contributed by atoms with Gasteiger partial charge in [0.1, 0.15) is 12.5 Å². The normalized spacial score (nSPS) is 23.7. The summed E-state index contributed by atoms with van der Waals surface area (Å²) in [5.74, 6) is -1.74. The maximum absolute atomic E-state index is 12.4. The number of esters is 2. The summed E-state index contributed by atoms with van der Waals surface area (Å²) in [5.41, 5.74) is 2.65. The number of carbonyl (C=O) groups excluding carboxylic acids is 2. The summed E-state index contributed by atoms with van der Waals surface area (Å²) in [6.45, 7) is 4.02. The first-order valence-electron chi connectivity index (χ1n) is 7.30. The summed E-state index contributed by atoms with van der Waals surface area (Å²) in [6, 6.07) is 9.49. The molecule has 2 atom stereocenters. The van der Waals surface area contributed by atoms with E-state index in [1.807, 2.05) is 30.3 Å². The minimum atomic E-state index is -0.591. The zero-order valence-corrected chi connectivity index (χ0v) is 12.5. The highest BCUT2D eigenvalue weighted by molar-refractivity contribution is 6.07. The van der Waals surface area contributed by atoms with Gasteiger partial charge >= 0.3 is 11.9 Å². The van der Waals surface area contributed by atoms with Crippen molar-refractivity contribution in [1.82, 2.24) is 0 Å². The number of aliphatic imine (C=N–C) groups is 1. The Bertz CT molecular complexity index is 675. The quantitative estimate of drug-likeness (QED) is 0.803. The first kappa shape index (κ1) is 14.5. The van der Waals surface area contributed by atoms with Crippen molar-refractivity contribution < 1.29 is 19.1 Å². The second-order valence-electron chi connectivity index (χ2n) is 5.31. The molecule has 0 saturated heterocycles. The third kappa shape index (κ3) is 2.32. The molecule has 0 N–H and O–H groups in total. The van der Waals surface area contributed by atoms with Gasteiger partial charge in [0.05, 0.1) is 17.9 Å². The van der Waals surface area contributed by atoms with Crippen LogP contribution in [0, 0.1) is 5.92 Å². The van der Waals surface area contributed by atoms with Crippen LogP contribution in [0.25, 0.3) is 0 Å². The van der Waals surface area contributed by atoms with Crippen LogP contribution in [0.2, 0.25) is 0 Å². The molecule has 0 saturated carbocycles. The highest BCUT2D eigenvalue weighted by Gasteiger charge is 2.45. The van der Waals surface area contributed by atoms with Gasteiger partial charge in [-0.2, -0.15) is 0 Å². The second kappa shape index (κ2) is 5.75. The number of ether oxygens (including phenoxy) is 2. The van der Waals surface area contributed by atoms with Crippen molar-refractivity contribution in [3.63, 3.8) is 0 Å². The molecule has 2 aliphatic heterocycles. The number of hydrogen-bond donors (Lipinski definition) is 0. The van der Waals surface area contributed by atoms with Crippen LogP contribution < -0.4 is 0 Å². The minimum absolute atomic E-state index is 0.171. The van der Waals surface area contributed by atoms with E-state index in [2.05, 4.69) is 4.99 Å². The summed E-state index contributed by atoms with van der Waals surface area (Å²) >= 11 is 0. The van der Waals surface area contributed by atoms with Crippen molar-refractivity contribution in [3.05, 3.63) is 47.2 Å². The highest BCUT2D eigenvalue weighted by Crippen LogP contribution is 2.42. The van der Waals surface area contributed by atoms with Gasteiger partial charge in [-0.15, -0.1) is 0 Å². The molecule has 0 amide bonds. The highest BCUT2D eigenvalue weighted by atomic mass is 16.5. The maximum atomic E-state index is 12.4. The van der Waals surface area contributed by atoms with Crippen LogP contribution in [0.4, 0.5) is 0 Å². The zero-order chi connectivity index (χ0) is 15.7. The largest absolute Gasteiger partial charge is 0.465 e. The summed E-state index contributed by atoms with van der Waals surface area (Å²) in [6.07, 6.45) is 0. The van der Waals surface area contributed by atoms with Crippen LogP contribution in [0.15, 0.2) is 46.6 Å². The van der Waals surface area contributed by atoms with E-state index in [0.717, 1.165) is 5.56 Å². The molecule has 0 radical (unpaired) electrons. The molecule has 1 unspecified atom stereocenters. The van der Waals surface area contributed by atoms with Crippen molar-refractivity contribution in [2.45, 2.75) is 19.8 Å². The van der Waals surface area contributed by atoms with E-state index in [4.69, 9.17) is 9.47 Å². The summed E-state index contributed by atoms with van der Waals surface area (Å²) < 4.78 is 10.3. The van der Waals surface area contributed by atoms with Crippen molar-refractivity contribution in [3.8, 4) is 0 Å². The second-order valence-corrected chi connectivity index (χ2v) is 5.31. The van der Waals surface area contributed by atoms with E-state index in [9.17, 15) is 9.59 Å². The predicted molar refractivity (Wildman–Crippen MR) is 80.4 cm³/mol. The fraction of sp³-hybridized carbons (Fsp3) is 0.353. The van der Waals surface area contributed by atoms with Gasteiger partial charge in [-0.1, -0.05) is 30.3 Å². The van der Waals surface area contributed by atoms with Crippen LogP contribution in [0.1, 0.15) is 25.3 Å². The van der Waals surface area contributed by atoms with Gasteiger partial charge in [0.15, 0.2) is 0 Å². The number of nitrogens with zero attached hydrogens (tertiary/aromatic N) is 1. The minimum Gasteiger partial charge on any atom is -0.465 e. The average molecular weight is 299 g/mol. The van der Waals surface area contributed by atoms with Crippen molar-refractivity contribution >= 4 is 17.7 Å². The molecule has 0 bridgehead atoms. The Labute approximate surface area is 128 Å². The van der Waals surface area contributed by atoms with Crippen molar-refractivity contribution in [2.75, 3.05) is 13.2 Å². The Balaban J connectivity index is 2.11. The third-order valence-electron chi connectivity index (χ3n) is 3.98. The molecule has 0 aliphatic carbocycles. The molecule has 0 fully saturated rings. The molecule has 2 heterocycles. The first-order valence-corrected chi connectivity index (χ1v) is 7.30. The van der Waals surface area contributed by atoms with E-state index >= 15 is 0 Å². The van der Waals surface area contributed by atoms with Gasteiger partial charge in [0.2, 0.25) is 0 Å². The molecular formula is C17H17NO4. The molecule has 1 aromatic carbocycles. The predicted octanol–water partition coefficient (Wildman–Crippen LogP) is 2.23. The van der Waals surface area contributed by atoms with Gasteiger partial charge in [-0.05, 0) is 19.4 Å². The smallest absolute Gasteiger partial charge is 0.337 e. The van der Waals surface area contributed by atoms with Crippen LogP contribution in [-0.4, -0.2) is 30.9 Å². The van der Waals surface area contributed by atoms with Crippen molar-refractivity contribution in [2.24, 2.45) is 10.9 Å². The van der Waals surface area contributed by atoms with Crippen LogP contribution in [0.3, 0.4) is 0 Å². The molecule has 114 valence electrons. The maximum Gasteiger partial charge on any atom is 0.337 e. The Morgan fingerprint density at radius 3 is 2.77 bits per heavy atom. The van der Waals surface area contributed by atoms with E-state index in [1.165, 1.54) is 0 Å². The molecular weight excluding hydrogens is 282 g/mol. The number of rotatable bonds is 3. The Morgan fingerprint density at radius 2 is 2.09 bits per heavy atom. The molecule has 0 spiro atoms. The summed E-state index contributed by atoms with van der Waals surface area (Å²) in [4.78, 5) is 28.9. The molecule has 1 aromatic rings. The molecule has 3 rings (SSSR count). The van der Waals surface area contributed by atoms with E-state index in [0.29, 0.717) is 23.6 Å². The molecule has 2 aliphatic rings. The lowest BCUT2D eigenvalue weighted by Gasteiger charge is -2.29. The number of benzene rings is 1. The van der Waals surface area contributed by atoms with E-state index < -0.39 is 17.8 Å². The fourth-order valence-electron chi connectivity index (χ4n) is 3.05. The van der Waals surface area contributed by atoms with Gasteiger partial charge < -0.3 is 9.47 Å². The Hall–Kier alpha value is -2.43. The van der Waals surface area contributed by atoms with E-state index in [-0.39, 0.29) is 12.6 Å². The average Bonchev–Trinajstić information content (AvgIpc) is 2.88. The van der Waals surface area contributed by atoms with Gasteiger partial charge in [-0.25, -0.2) is 4.79 Å². The monoisotopic (exact) mass is 299 g/mol. The Morgan fingerprint density at radius 1 is 1.36 bits per heavy atom. The zero-order valence-electron chi connectivity index (χ0n) is 12.5. The molecule has 22 heavy (non-hydrogen) atoms. The van der Waals surface area contributed by atoms with Gasteiger partial charge in [-0.3, -0.25) is 9.79 Å². The molecule has 5 nitrogen and oxygen atoms in total. The number of cyclic esters (lactones) is 1. The summed E-state index contributed by atoms with van der Waals surface area (Å²) in [5, 5.41) is 0. The number of hydrogen-bond acceptors (Lipinski definition) is 5. The van der Waals surface area contributed by atoms with Gasteiger partial charge in [0, 0.05) is 11.6 Å². The number of carbonyl (C=O) groups is 2. The van der Waals surface area contributed by atoms with Crippen LogP contribution >= 0.6 is 0 Å². The topological polar surface area (TPSA) is 65.0 Å². The van der Waals surface area contributed by atoms with E-state index in [1.54, 1.807) is 13.8 Å². The summed E-state index contributed by atoms with van der Waals surface area (Å²) in [7, 11) is 0. The third-order valence-corrected chi connectivity index (χ3v) is 3.98. The lowest BCUT2D eigenvalue weighted by molar-refractivity contribution is -0.146. The fourth-order valence-corrected chi connectivity index (χ4v) is 3.05. The van der Waals surface area contributed by atoms with Crippen LogP contribution in [0.5, 0.6) is 0 Å². The Kier molecular flexibility index (Phi) is 3.79. The lowest BCUT2D eigenvalue weighted by atomic mass is 9.76. The molecule has 5 heteroatoms. The first-order chi connectivity index (χ1) is 10.6. The van der Waals surface area contributed by atoms with Crippen molar-refractivity contribution in [1.29, 1.82) is 0 Å². The standard InChI is InChI=1S/C17H17NO4/c1-3-21-16(19)13-10(2)18-12-9-22-17(20)15(12)14(13)11-7-5-4-6-8-11/h4-8,13-14H,3,9H2,1-2H3/t13?,14-/m0/s1. The lowest BCUT2D eigenvalue weighted by Crippen LogP contribution is -2.35. The SMILES string of the molecule is CCOC(=O)C1C(C)=NC2=C(C(=O)OC2)[C@H]1c1ccccc1.